The molecule has 0 radical (unpaired) electrons. The Morgan fingerprint density at radius 3 is 2.70 bits per heavy atom. The maximum Gasteiger partial charge on any atom is 0.336 e. The molecule has 3 aromatic rings. The summed E-state index contributed by atoms with van der Waals surface area (Å²) in [5.74, 6) is 0.944. The quantitative estimate of drug-likeness (QED) is 0.677. The first-order valence-electron chi connectivity index (χ1n) is 9.15. The van der Waals surface area contributed by atoms with Crippen LogP contribution in [0.25, 0.3) is 22.1 Å². The number of ether oxygens (including phenoxy) is 1. The van der Waals surface area contributed by atoms with Crippen LogP contribution in [0.1, 0.15) is 19.8 Å². The van der Waals surface area contributed by atoms with Crippen molar-refractivity contribution in [3.05, 3.63) is 65.0 Å². The van der Waals surface area contributed by atoms with Crippen LogP contribution in [0.3, 0.4) is 0 Å². The third kappa shape index (κ3) is 4.03. The molecule has 4 rings (SSSR count). The first-order chi connectivity index (χ1) is 13.1. The summed E-state index contributed by atoms with van der Waals surface area (Å²) in [5, 5.41) is 3.77. The zero-order chi connectivity index (χ0) is 18.8. The third-order valence-electron chi connectivity index (χ3n) is 4.89. The molecule has 1 amide bonds. The van der Waals surface area contributed by atoms with E-state index >= 15 is 0 Å². The van der Waals surface area contributed by atoms with Crippen LogP contribution < -0.4 is 15.7 Å². The number of carbonyl (C=O) groups is 1. The smallest absolute Gasteiger partial charge is 0.336 e. The number of hydrogen-bond acceptors (Lipinski definition) is 4. The summed E-state index contributed by atoms with van der Waals surface area (Å²) in [6.07, 6.45) is 2.35. The van der Waals surface area contributed by atoms with E-state index in [1.54, 1.807) is 12.1 Å². The van der Waals surface area contributed by atoms with Crippen molar-refractivity contribution < 1.29 is 13.9 Å². The van der Waals surface area contributed by atoms with Crippen molar-refractivity contribution in [2.75, 3.05) is 6.61 Å². The molecule has 0 spiro atoms. The van der Waals surface area contributed by atoms with Gasteiger partial charge < -0.3 is 14.5 Å². The lowest BCUT2D eigenvalue weighted by Crippen LogP contribution is -2.37. The summed E-state index contributed by atoms with van der Waals surface area (Å²) < 4.78 is 10.9. The Balaban J connectivity index is 1.54. The molecule has 0 aliphatic heterocycles. The first kappa shape index (κ1) is 17.3. The third-order valence-corrected chi connectivity index (χ3v) is 4.89. The van der Waals surface area contributed by atoms with Gasteiger partial charge in [-0.05, 0) is 48.9 Å². The van der Waals surface area contributed by atoms with Gasteiger partial charge in [0.2, 0.25) is 0 Å². The number of nitrogens with one attached hydrogen (secondary N) is 1. The van der Waals surface area contributed by atoms with Crippen molar-refractivity contribution in [1.29, 1.82) is 0 Å². The number of fused-ring (bicyclic) bond motifs is 1. The van der Waals surface area contributed by atoms with E-state index in [-0.39, 0.29) is 18.6 Å². The van der Waals surface area contributed by atoms with Crippen LogP contribution in [0.5, 0.6) is 5.75 Å². The molecule has 2 aromatic carbocycles. The first-order valence-corrected chi connectivity index (χ1v) is 9.15. The highest BCUT2D eigenvalue weighted by atomic mass is 16.5. The Morgan fingerprint density at radius 2 is 1.96 bits per heavy atom. The van der Waals surface area contributed by atoms with E-state index in [0.29, 0.717) is 17.3 Å². The molecular weight excluding hydrogens is 342 g/mol. The van der Waals surface area contributed by atoms with Crippen molar-refractivity contribution in [1.82, 2.24) is 5.32 Å². The lowest BCUT2D eigenvalue weighted by molar-refractivity contribution is -0.123. The van der Waals surface area contributed by atoms with Gasteiger partial charge in [-0.25, -0.2) is 4.79 Å². The van der Waals surface area contributed by atoms with Crippen molar-refractivity contribution >= 4 is 16.9 Å². The normalized spacial score (nSPS) is 14.7. The largest absolute Gasteiger partial charge is 0.484 e. The summed E-state index contributed by atoms with van der Waals surface area (Å²) in [5.41, 5.74) is 1.77. The van der Waals surface area contributed by atoms with Crippen molar-refractivity contribution in [3.63, 3.8) is 0 Å². The molecule has 1 aliphatic carbocycles. The van der Waals surface area contributed by atoms with E-state index in [4.69, 9.17) is 9.15 Å². The van der Waals surface area contributed by atoms with Crippen LogP contribution >= 0.6 is 0 Å². The van der Waals surface area contributed by atoms with E-state index < -0.39 is 5.63 Å². The molecule has 27 heavy (non-hydrogen) atoms. The second-order valence-corrected chi connectivity index (χ2v) is 6.99. The fraction of sp³-hybridized carbons (Fsp3) is 0.273. The van der Waals surface area contributed by atoms with Gasteiger partial charge in [-0.1, -0.05) is 30.3 Å². The van der Waals surface area contributed by atoms with Crippen LogP contribution in [0.15, 0.2) is 63.8 Å². The highest BCUT2D eigenvalue weighted by Gasteiger charge is 2.28. The predicted octanol–water partition coefficient (Wildman–Crippen LogP) is 3.75. The summed E-state index contributed by atoms with van der Waals surface area (Å²) in [4.78, 5) is 24.0. The lowest BCUT2D eigenvalue weighted by atomic mass is 10.0. The number of hydrogen-bond donors (Lipinski definition) is 1. The number of amides is 1. The number of rotatable bonds is 6. The minimum atomic E-state index is -0.422. The molecule has 5 nitrogen and oxygen atoms in total. The highest BCUT2D eigenvalue weighted by Crippen LogP contribution is 2.32. The molecular formula is C22H21NO4. The molecule has 1 fully saturated rings. The zero-order valence-corrected chi connectivity index (χ0v) is 15.1. The molecule has 0 bridgehead atoms. The Labute approximate surface area is 157 Å². The van der Waals surface area contributed by atoms with Crippen LogP contribution in [0.4, 0.5) is 0 Å². The van der Waals surface area contributed by atoms with E-state index in [2.05, 4.69) is 5.32 Å². The molecule has 0 unspecified atom stereocenters. The van der Waals surface area contributed by atoms with Gasteiger partial charge in [0.05, 0.1) is 0 Å². The summed E-state index contributed by atoms with van der Waals surface area (Å²) in [7, 11) is 0. The molecule has 1 atom stereocenters. The predicted molar refractivity (Wildman–Crippen MR) is 104 cm³/mol. The van der Waals surface area contributed by atoms with Crippen LogP contribution in [-0.4, -0.2) is 18.6 Å². The minimum absolute atomic E-state index is 0.0643. The van der Waals surface area contributed by atoms with Gasteiger partial charge in [0, 0.05) is 23.6 Å². The average molecular weight is 363 g/mol. The Hall–Kier alpha value is -3.08. The molecule has 138 valence electrons. The molecule has 1 aliphatic rings. The Bertz CT molecular complexity index is 1020. The average Bonchev–Trinajstić information content (AvgIpc) is 3.51. The van der Waals surface area contributed by atoms with E-state index in [9.17, 15) is 9.59 Å². The van der Waals surface area contributed by atoms with Gasteiger partial charge in [-0.2, -0.15) is 0 Å². The zero-order valence-electron chi connectivity index (χ0n) is 15.1. The molecule has 1 N–H and O–H groups in total. The molecule has 5 heteroatoms. The summed E-state index contributed by atoms with van der Waals surface area (Å²) in [6.45, 7) is 1.95. The number of benzene rings is 2. The Kier molecular flexibility index (Phi) is 4.67. The second kappa shape index (κ2) is 7.27. The molecule has 1 heterocycles. The molecule has 1 saturated carbocycles. The fourth-order valence-corrected chi connectivity index (χ4v) is 3.25. The van der Waals surface area contributed by atoms with Gasteiger partial charge in [0.15, 0.2) is 6.61 Å². The van der Waals surface area contributed by atoms with Crippen LogP contribution in [0, 0.1) is 5.92 Å². The van der Waals surface area contributed by atoms with Crippen LogP contribution in [-0.2, 0) is 4.79 Å². The van der Waals surface area contributed by atoms with Crippen molar-refractivity contribution in [2.45, 2.75) is 25.8 Å². The van der Waals surface area contributed by atoms with E-state index in [1.807, 2.05) is 43.3 Å². The highest BCUT2D eigenvalue weighted by molar-refractivity contribution is 5.93. The second-order valence-electron chi connectivity index (χ2n) is 6.99. The fourth-order valence-electron chi connectivity index (χ4n) is 3.25. The lowest BCUT2D eigenvalue weighted by Gasteiger charge is -2.13. The monoisotopic (exact) mass is 363 g/mol. The van der Waals surface area contributed by atoms with Crippen molar-refractivity contribution in [2.24, 2.45) is 5.92 Å². The Morgan fingerprint density at radius 1 is 1.19 bits per heavy atom. The SMILES string of the molecule is C[C@@H](NC(=O)COc1ccc2c(-c3ccccc3)cc(=O)oc2c1)C1CC1. The molecule has 1 aromatic heterocycles. The van der Waals surface area contributed by atoms with E-state index in [1.165, 1.54) is 18.9 Å². The van der Waals surface area contributed by atoms with Gasteiger partial charge in [0.1, 0.15) is 11.3 Å². The topological polar surface area (TPSA) is 68.5 Å². The van der Waals surface area contributed by atoms with Gasteiger partial charge in [0.25, 0.3) is 5.91 Å². The maximum absolute atomic E-state index is 12.0. The van der Waals surface area contributed by atoms with Gasteiger partial charge in [-0.3, -0.25) is 4.79 Å². The van der Waals surface area contributed by atoms with Crippen molar-refractivity contribution in [3.8, 4) is 16.9 Å². The van der Waals surface area contributed by atoms with Gasteiger partial charge >= 0.3 is 5.63 Å². The number of carbonyl (C=O) groups excluding carboxylic acids is 1. The molecule has 0 saturated heterocycles. The maximum atomic E-state index is 12.0. The van der Waals surface area contributed by atoms with E-state index in [0.717, 1.165) is 16.5 Å². The minimum Gasteiger partial charge on any atom is -0.484 e. The summed E-state index contributed by atoms with van der Waals surface area (Å²) >= 11 is 0. The summed E-state index contributed by atoms with van der Waals surface area (Å²) in [6, 6.07) is 16.6. The standard InChI is InChI=1S/C22H21NO4/c1-14(15-7-8-15)23-21(24)13-26-17-9-10-18-19(16-5-3-2-4-6-16)12-22(25)27-20(18)11-17/h2-6,9-12,14-15H,7-8,13H2,1H3,(H,23,24)/t14-/m1/s1. The van der Waals surface area contributed by atoms with Crippen LogP contribution in [0.2, 0.25) is 0 Å². The van der Waals surface area contributed by atoms with Gasteiger partial charge in [-0.15, -0.1) is 0 Å².